The molecule has 3 nitrogen and oxygen atoms in total. The lowest BCUT2D eigenvalue weighted by atomic mass is 10.1. The minimum atomic E-state index is -0.0153. The van der Waals surface area contributed by atoms with E-state index in [-0.39, 0.29) is 5.54 Å². The summed E-state index contributed by atoms with van der Waals surface area (Å²) in [7, 11) is 1.93. The third-order valence-corrected chi connectivity index (χ3v) is 2.41. The Hall–Kier alpha value is -1.22. The van der Waals surface area contributed by atoms with Gasteiger partial charge < -0.3 is 14.8 Å². The average molecular weight is 223 g/mol. The van der Waals surface area contributed by atoms with E-state index in [2.05, 4.69) is 19.2 Å². The Bertz CT molecular complexity index is 306. The molecule has 0 aliphatic carbocycles. The van der Waals surface area contributed by atoms with Crippen LogP contribution in [0.5, 0.6) is 11.5 Å². The largest absolute Gasteiger partial charge is 0.494 e. The van der Waals surface area contributed by atoms with Crippen LogP contribution < -0.4 is 14.8 Å². The van der Waals surface area contributed by atoms with E-state index in [1.807, 2.05) is 38.2 Å². The summed E-state index contributed by atoms with van der Waals surface area (Å²) in [6.07, 6.45) is 0. The highest BCUT2D eigenvalue weighted by atomic mass is 16.5. The Labute approximate surface area is 97.8 Å². The summed E-state index contributed by atoms with van der Waals surface area (Å²) >= 11 is 0. The van der Waals surface area contributed by atoms with E-state index in [1.54, 1.807) is 0 Å². The molecule has 0 spiro atoms. The summed E-state index contributed by atoms with van der Waals surface area (Å²) < 4.78 is 11.0. The Kier molecular flexibility index (Phi) is 4.62. The fourth-order valence-corrected chi connectivity index (χ4v) is 1.13. The summed E-state index contributed by atoms with van der Waals surface area (Å²) in [4.78, 5) is 0. The van der Waals surface area contributed by atoms with Gasteiger partial charge in [0.05, 0.1) is 6.61 Å². The zero-order valence-corrected chi connectivity index (χ0v) is 10.5. The van der Waals surface area contributed by atoms with Crippen LogP contribution in [0.4, 0.5) is 0 Å². The number of nitrogens with one attached hydrogen (secondary N) is 1. The van der Waals surface area contributed by atoms with E-state index < -0.39 is 0 Å². The Morgan fingerprint density at radius 2 is 1.56 bits per heavy atom. The Morgan fingerprint density at radius 3 is 2.00 bits per heavy atom. The van der Waals surface area contributed by atoms with Gasteiger partial charge in [-0.2, -0.15) is 0 Å². The molecule has 0 aliphatic heterocycles. The van der Waals surface area contributed by atoms with Gasteiger partial charge in [-0.15, -0.1) is 0 Å². The van der Waals surface area contributed by atoms with Crippen molar-refractivity contribution >= 4 is 0 Å². The van der Waals surface area contributed by atoms with Crippen molar-refractivity contribution in [3.8, 4) is 11.5 Å². The van der Waals surface area contributed by atoms with Gasteiger partial charge in [0, 0.05) is 5.54 Å². The van der Waals surface area contributed by atoms with Crippen molar-refractivity contribution in [2.75, 3.05) is 20.3 Å². The second-order valence-corrected chi connectivity index (χ2v) is 4.33. The summed E-state index contributed by atoms with van der Waals surface area (Å²) in [5, 5.41) is 3.19. The van der Waals surface area contributed by atoms with Gasteiger partial charge >= 0.3 is 0 Å². The minimum Gasteiger partial charge on any atom is -0.494 e. The van der Waals surface area contributed by atoms with Crippen LogP contribution in [0.1, 0.15) is 20.8 Å². The van der Waals surface area contributed by atoms with Gasteiger partial charge in [0.15, 0.2) is 0 Å². The molecule has 0 aromatic heterocycles. The first-order valence-electron chi connectivity index (χ1n) is 5.62. The maximum Gasteiger partial charge on any atom is 0.119 e. The van der Waals surface area contributed by atoms with Gasteiger partial charge in [0.2, 0.25) is 0 Å². The molecular formula is C13H21NO2. The standard InChI is InChI=1S/C13H21NO2/c1-5-15-11-6-8-12(9-7-11)16-10-13(2,3)14-4/h6-9,14H,5,10H2,1-4H3. The first-order valence-corrected chi connectivity index (χ1v) is 5.62. The van der Waals surface area contributed by atoms with Crippen LogP contribution >= 0.6 is 0 Å². The second-order valence-electron chi connectivity index (χ2n) is 4.33. The van der Waals surface area contributed by atoms with E-state index in [0.717, 1.165) is 11.5 Å². The molecule has 0 atom stereocenters. The molecule has 16 heavy (non-hydrogen) atoms. The topological polar surface area (TPSA) is 30.5 Å². The maximum atomic E-state index is 5.68. The van der Waals surface area contributed by atoms with Crippen molar-refractivity contribution in [1.82, 2.24) is 5.32 Å². The van der Waals surface area contributed by atoms with Crippen LogP contribution in [0.3, 0.4) is 0 Å². The van der Waals surface area contributed by atoms with E-state index in [9.17, 15) is 0 Å². The average Bonchev–Trinajstić information content (AvgIpc) is 2.29. The minimum absolute atomic E-state index is 0.0153. The molecule has 1 aromatic rings. The van der Waals surface area contributed by atoms with E-state index in [1.165, 1.54) is 0 Å². The number of rotatable bonds is 6. The molecule has 1 aromatic carbocycles. The SMILES string of the molecule is CCOc1ccc(OCC(C)(C)NC)cc1. The van der Waals surface area contributed by atoms with Gasteiger partial charge in [0.1, 0.15) is 18.1 Å². The Morgan fingerprint density at radius 1 is 1.06 bits per heavy atom. The monoisotopic (exact) mass is 223 g/mol. The summed E-state index contributed by atoms with van der Waals surface area (Å²) in [6, 6.07) is 7.70. The van der Waals surface area contributed by atoms with Crippen LogP contribution in [0.15, 0.2) is 24.3 Å². The van der Waals surface area contributed by atoms with Crippen LogP contribution in [-0.2, 0) is 0 Å². The number of likely N-dealkylation sites (N-methyl/N-ethyl adjacent to an activating group) is 1. The molecule has 0 amide bonds. The fourth-order valence-electron chi connectivity index (χ4n) is 1.13. The predicted octanol–water partition coefficient (Wildman–Crippen LogP) is 2.46. The van der Waals surface area contributed by atoms with Crippen molar-refractivity contribution in [2.45, 2.75) is 26.3 Å². The molecule has 0 unspecified atom stereocenters. The Balaban J connectivity index is 2.49. The molecule has 1 rings (SSSR count). The van der Waals surface area contributed by atoms with Gasteiger partial charge in [-0.3, -0.25) is 0 Å². The molecular weight excluding hydrogens is 202 g/mol. The molecule has 0 aliphatic rings. The second kappa shape index (κ2) is 5.75. The van der Waals surface area contributed by atoms with Gasteiger partial charge in [0.25, 0.3) is 0 Å². The van der Waals surface area contributed by atoms with Crippen molar-refractivity contribution in [3.63, 3.8) is 0 Å². The number of benzene rings is 1. The highest BCUT2D eigenvalue weighted by Crippen LogP contribution is 2.18. The third-order valence-electron chi connectivity index (χ3n) is 2.41. The lowest BCUT2D eigenvalue weighted by Gasteiger charge is -2.24. The third kappa shape index (κ3) is 4.11. The highest BCUT2D eigenvalue weighted by molar-refractivity contribution is 5.31. The number of ether oxygens (including phenoxy) is 2. The fraction of sp³-hybridized carbons (Fsp3) is 0.538. The van der Waals surface area contributed by atoms with Crippen molar-refractivity contribution in [3.05, 3.63) is 24.3 Å². The van der Waals surface area contributed by atoms with Crippen LogP contribution in [0, 0.1) is 0 Å². The molecule has 0 saturated heterocycles. The van der Waals surface area contributed by atoms with E-state index in [0.29, 0.717) is 13.2 Å². The molecule has 3 heteroatoms. The van der Waals surface area contributed by atoms with Crippen LogP contribution in [-0.4, -0.2) is 25.8 Å². The lowest BCUT2D eigenvalue weighted by molar-refractivity contribution is 0.217. The summed E-state index contributed by atoms with van der Waals surface area (Å²) in [6.45, 7) is 7.49. The smallest absolute Gasteiger partial charge is 0.119 e. The molecule has 0 fully saturated rings. The summed E-state index contributed by atoms with van der Waals surface area (Å²) in [5.41, 5.74) is -0.0153. The zero-order chi connectivity index (χ0) is 12.0. The van der Waals surface area contributed by atoms with Crippen LogP contribution in [0.2, 0.25) is 0 Å². The first-order chi connectivity index (χ1) is 7.57. The van der Waals surface area contributed by atoms with E-state index >= 15 is 0 Å². The predicted molar refractivity (Wildman–Crippen MR) is 66.2 cm³/mol. The first kappa shape index (κ1) is 12.8. The maximum absolute atomic E-state index is 5.68. The quantitative estimate of drug-likeness (QED) is 0.803. The molecule has 0 radical (unpaired) electrons. The van der Waals surface area contributed by atoms with E-state index in [4.69, 9.17) is 9.47 Å². The highest BCUT2D eigenvalue weighted by Gasteiger charge is 2.15. The van der Waals surface area contributed by atoms with Crippen molar-refractivity contribution < 1.29 is 9.47 Å². The molecule has 0 saturated carbocycles. The lowest BCUT2D eigenvalue weighted by Crippen LogP contribution is -2.42. The molecule has 0 heterocycles. The van der Waals surface area contributed by atoms with Gasteiger partial charge in [-0.05, 0) is 52.1 Å². The normalized spacial score (nSPS) is 11.2. The molecule has 1 N–H and O–H groups in total. The van der Waals surface area contributed by atoms with Crippen molar-refractivity contribution in [2.24, 2.45) is 0 Å². The number of hydrogen-bond acceptors (Lipinski definition) is 3. The van der Waals surface area contributed by atoms with Gasteiger partial charge in [-0.25, -0.2) is 0 Å². The molecule has 90 valence electrons. The van der Waals surface area contributed by atoms with Crippen molar-refractivity contribution in [1.29, 1.82) is 0 Å². The molecule has 0 bridgehead atoms. The van der Waals surface area contributed by atoms with Gasteiger partial charge in [-0.1, -0.05) is 0 Å². The van der Waals surface area contributed by atoms with Crippen LogP contribution in [0.25, 0.3) is 0 Å². The number of hydrogen-bond donors (Lipinski definition) is 1. The zero-order valence-electron chi connectivity index (χ0n) is 10.5. The summed E-state index contributed by atoms with van der Waals surface area (Å²) in [5.74, 6) is 1.74.